The van der Waals surface area contributed by atoms with Gasteiger partial charge in [0.25, 0.3) is 0 Å². The summed E-state index contributed by atoms with van der Waals surface area (Å²) >= 11 is 0. The Morgan fingerprint density at radius 1 is 1.29 bits per heavy atom. The second-order valence-electron chi connectivity index (χ2n) is 4.62. The third-order valence-electron chi connectivity index (χ3n) is 2.90. The van der Waals surface area contributed by atoms with Crippen molar-refractivity contribution in [1.29, 1.82) is 0 Å². The van der Waals surface area contributed by atoms with Gasteiger partial charge in [-0.2, -0.15) is 0 Å². The summed E-state index contributed by atoms with van der Waals surface area (Å²) in [5.74, 6) is 0. The van der Waals surface area contributed by atoms with E-state index in [0.717, 1.165) is 26.3 Å². The summed E-state index contributed by atoms with van der Waals surface area (Å²) in [5, 5.41) is 0. The molecule has 1 atom stereocenters. The predicted octanol–water partition coefficient (Wildman–Crippen LogP) is 1.27. The van der Waals surface area contributed by atoms with Crippen molar-refractivity contribution in [3.05, 3.63) is 0 Å². The fourth-order valence-electron chi connectivity index (χ4n) is 1.83. The van der Waals surface area contributed by atoms with Crippen molar-refractivity contribution in [2.75, 3.05) is 26.3 Å². The molecule has 0 radical (unpaired) electrons. The lowest BCUT2D eigenvalue weighted by molar-refractivity contribution is -0.0169. The Kier molecular flexibility index (Phi) is 3.42. The van der Waals surface area contributed by atoms with Crippen LogP contribution in [-0.2, 0) is 9.47 Å². The summed E-state index contributed by atoms with van der Waals surface area (Å²) in [5.41, 5.74) is 0. The van der Waals surface area contributed by atoms with Gasteiger partial charge >= 0.3 is 0 Å². The molecule has 2 aliphatic rings. The van der Waals surface area contributed by atoms with Gasteiger partial charge in [-0.15, -0.1) is 0 Å². The topological polar surface area (TPSA) is 21.7 Å². The molecule has 1 saturated heterocycles. The first kappa shape index (κ1) is 10.4. The maximum Gasteiger partial charge on any atom is 0.0938 e. The van der Waals surface area contributed by atoms with Crippen LogP contribution < -0.4 is 0 Å². The van der Waals surface area contributed by atoms with Crippen molar-refractivity contribution in [3.63, 3.8) is 0 Å². The molecule has 0 amide bonds. The summed E-state index contributed by atoms with van der Waals surface area (Å²) < 4.78 is 11.4. The molecular formula is C11H21NO2. The van der Waals surface area contributed by atoms with Crippen LogP contribution in [0.3, 0.4) is 0 Å². The zero-order valence-corrected chi connectivity index (χ0v) is 9.24. The highest BCUT2D eigenvalue weighted by Crippen LogP contribution is 2.25. The summed E-state index contributed by atoms with van der Waals surface area (Å²) in [6.45, 7) is 8.18. The Bertz CT molecular complexity index is 180. The van der Waals surface area contributed by atoms with Crippen LogP contribution in [0.25, 0.3) is 0 Å². The van der Waals surface area contributed by atoms with Crippen LogP contribution in [0.5, 0.6) is 0 Å². The largest absolute Gasteiger partial charge is 0.377 e. The maximum absolute atomic E-state index is 5.90. The van der Waals surface area contributed by atoms with Gasteiger partial charge in [-0.05, 0) is 26.7 Å². The van der Waals surface area contributed by atoms with Crippen molar-refractivity contribution in [2.24, 2.45) is 0 Å². The van der Waals surface area contributed by atoms with Gasteiger partial charge in [-0.1, -0.05) is 0 Å². The monoisotopic (exact) mass is 199 g/mol. The number of nitrogens with zero attached hydrogens (tertiary/aromatic N) is 1. The van der Waals surface area contributed by atoms with Crippen LogP contribution in [0.1, 0.15) is 26.7 Å². The zero-order chi connectivity index (χ0) is 9.97. The summed E-state index contributed by atoms with van der Waals surface area (Å²) in [6, 6.07) is 0.599. The highest BCUT2D eigenvalue weighted by molar-refractivity contribution is 4.79. The molecule has 0 aromatic rings. The molecule has 2 fully saturated rings. The van der Waals surface area contributed by atoms with E-state index in [-0.39, 0.29) is 0 Å². The molecule has 0 unspecified atom stereocenters. The fourth-order valence-corrected chi connectivity index (χ4v) is 1.83. The standard InChI is InChI=1S/C11H21NO2/c1-9(2)12-5-6-13-8-11(7-12)14-10-3-4-10/h9-11H,3-8H2,1-2H3/t11-/m0/s1. The molecule has 0 aromatic heterocycles. The Morgan fingerprint density at radius 3 is 2.71 bits per heavy atom. The van der Waals surface area contributed by atoms with Crippen LogP contribution in [-0.4, -0.2) is 49.5 Å². The van der Waals surface area contributed by atoms with E-state index >= 15 is 0 Å². The SMILES string of the molecule is CC(C)N1CCOC[C@@H](OC2CC2)C1. The molecule has 0 N–H and O–H groups in total. The molecular weight excluding hydrogens is 178 g/mol. The number of ether oxygens (including phenoxy) is 2. The molecule has 3 heteroatoms. The molecule has 1 saturated carbocycles. The van der Waals surface area contributed by atoms with Crippen LogP contribution in [0, 0.1) is 0 Å². The molecule has 0 aromatic carbocycles. The summed E-state index contributed by atoms with van der Waals surface area (Å²) in [6.07, 6.45) is 3.33. The van der Waals surface area contributed by atoms with E-state index in [4.69, 9.17) is 9.47 Å². The Hall–Kier alpha value is -0.120. The van der Waals surface area contributed by atoms with E-state index in [2.05, 4.69) is 18.7 Å². The lowest BCUT2D eigenvalue weighted by Crippen LogP contribution is -2.39. The van der Waals surface area contributed by atoms with Crippen LogP contribution in [0.15, 0.2) is 0 Å². The van der Waals surface area contributed by atoms with Gasteiger partial charge in [0.15, 0.2) is 0 Å². The third-order valence-corrected chi connectivity index (χ3v) is 2.90. The Morgan fingerprint density at radius 2 is 2.07 bits per heavy atom. The average molecular weight is 199 g/mol. The normalized spacial score (nSPS) is 30.6. The minimum absolute atomic E-state index is 0.299. The highest BCUT2D eigenvalue weighted by atomic mass is 16.5. The molecule has 3 nitrogen and oxygen atoms in total. The van der Waals surface area contributed by atoms with Crippen LogP contribution in [0.2, 0.25) is 0 Å². The lowest BCUT2D eigenvalue weighted by Gasteiger charge is -2.26. The van der Waals surface area contributed by atoms with E-state index < -0.39 is 0 Å². The molecule has 14 heavy (non-hydrogen) atoms. The van der Waals surface area contributed by atoms with Crippen molar-refractivity contribution >= 4 is 0 Å². The van der Waals surface area contributed by atoms with Gasteiger partial charge in [-0.25, -0.2) is 0 Å². The Labute approximate surface area is 86.4 Å². The highest BCUT2D eigenvalue weighted by Gasteiger charge is 2.29. The van der Waals surface area contributed by atoms with Gasteiger partial charge in [0.1, 0.15) is 0 Å². The van der Waals surface area contributed by atoms with E-state index in [1.54, 1.807) is 0 Å². The van der Waals surface area contributed by atoms with E-state index in [9.17, 15) is 0 Å². The summed E-state index contributed by atoms with van der Waals surface area (Å²) in [4.78, 5) is 2.44. The molecule has 1 heterocycles. The molecule has 1 aliphatic carbocycles. The minimum Gasteiger partial charge on any atom is -0.377 e. The molecule has 1 aliphatic heterocycles. The van der Waals surface area contributed by atoms with Crippen molar-refractivity contribution in [1.82, 2.24) is 4.90 Å². The van der Waals surface area contributed by atoms with Gasteiger partial charge in [0, 0.05) is 19.1 Å². The fraction of sp³-hybridized carbons (Fsp3) is 1.00. The lowest BCUT2D eigenvalue weighted by atomic mass is 10.2. The van der Waals surface area contributed by atoms with Crippen molar-refractivity contribution in [3.8, 4) is 0 Å². The van der Waals surface area contributed by atoms with Crippen molar-refractivity contribution < 1.29 is 9.47 Å². The Balaban J connectivity index is 1.82. The minimum atomic E-state index is 0.299. The first-order valence-corrected chi connectivity index (χ1v) is 5.73. The summed E-state index contributed by atoms with van der Waals surface area (Å²) in [7, 11) is 0. The smallest absolute Gasteiger partial charge is 0.0938 e. The van der Waals surface area contributed by atoms with E-state index in [1.165, 1.54) is 12.8 Å². The first-order valence-electron chi connectivity index (χ1n) is 5.73. The average Bonchev–Trinajstić information content (AvgIpc) is 2.92. The predicted molar refractivity (Wildman–Crippen MR) is 55.4 cm³/mol. The zero-order valence-electron chi connectivity index (χ0n) is 9.24. The van der Waals surface area contributed by atoms with Crippen LogP contribution in [0.4, 0.5) is 0 Å². The van der Waals surface area contributed by atoms with Gasteiger partial charge in [0.05, 0.1) is 25.4 Å². The second kappa shape index (κ2) is 4.60. The van der Waals surface area contributed by atoms with Crippen LogP contribution >= 0.6 is 0 Å². The third kappa shape index (κ3) is 2.94. The van der Waals surface area contributed by atoms with E-state index in [1.807, 2.05) is 0 Å². The quantitative estimate of drug-likeness (QED) is 0.683. The molecule has 82 valence electrons. The molecule has 0 spiro atoms. The first-order chi connectivity index (χ1) is 6.75. The number of hydrogen-bond donors (Lipinski definition) is 0. The molecule has 0 bridgehead atoms. The maximum atomic E-state index is 5.90. The van der Waals surface area contributed by atoms with Gasteiger partial charge in [0.2, 0.25) is 0 Å². The number of rotatable bonds is 3. The van der Waals surface area contributed by atoms with Crippen molar-refractivity contribution in [2.45, 2.75) is 44.9 Å². The number of hydrogen-bond acceptors (Lipinski definition) is 3. The van der Waals surface area contributed by atoms with Gasteiger partial charge in [-0.3, -0.25) is 4.90 Å². The van der Waals surface area contributed by atoms with Gasteiger partial charge < -0.3 is 9.47 Å². The van der Waals surface area contributed by atoms with E-state index in [0.29, 0.717) is 18.2 Å². The second-order valence-corrected chi connectivity index (χ2v) is 4.62. The molecule has 2 rings (SSSR count).